The van der Waals surface area contributed by atoms with Crippen molar-refractivity contribution in [2.45, 2.75) is 12.6 Å². The maximum atomic E-state index is 12.8. The van der Waals surface area contributed by atoms with E-state index in [-0.39, 0.29) is 23.1 Å². The van der Waals surface area contributed by atoms with Gasteiger partial charge in [0.1, 0.15) is 0 Å². The van der Waals surface area contributed by atoms with Gasteiger partial charge in [-0.2, -0.15) is 13.2 Å². The Morgan fingerprint density at radius 1 is 1.45 bits per heavy atom. The summed E-state index contributed by atoms with van der Waals surface area (Å²) in [4.78, 5) is 14.7. The number of alkyl halides is 3. The van der Waals surface area contributed by atoms with Gasteiger partial charge in [0, 0.05) is 10.2 Å². The minimum Gasteiger partial charge on any atom is -0.481 e. The Morgan fingerprint density at radius 3 is 2.73 bits per heavy atom. The Labute approximate surface area is 136 Å². The molecule has 118 valence electrons. The molecule has 0 amide bonds. The van der Waals surface area contributed by atoms with Gasteiger partial charge in [-0.05, 0) is 29.2 Å². The number of carboxylic acids is 1. The highest BCUT2D eigenvalue weighted by Gasteiger charge is 2.33. The Kier molecular flexibility index (Phi) is 5.17. The van der Waals surface area contributed by atoms with Crippen LogP contribution >= 0.6 is 27.7 Å². The molecule has 1 aromatic carbocycles. The number of aliphatic carboxylic acids is 1. The van der Waals surface area contributed by atoms with Gasteiger partial charge in [0.2, 0.25) is 0 Å². The van der Waals surface area contributed by atoms with Crippen molar-refractivity contribution in [2.24, 2.45) is 4.99 Å². The van der Waals surface area contributed by atoms with Crippen LogP contribution in [-0.4, -0.2) is 22.8 Å². The molecule has 0 saturated heterocycles. The van der Waals surface area contributed by atoms with Crippen LogP contribution in [0.5, 0.6) is 0 Å². The summed E-state index contributed by atoms with van der Waals surface area (Å²) in [5.74, 6) is -0.943. The molecule has 0 spiro atoms. The standard InChI is InChI=1S/C13H10BrF3N2O2S/c14-10-2-1-8(4-9(10)13(15,16)17)19-12-18-5-7(6-22-12)3-11(20)21/h1-2,4,6H,3,5H2,(H,18,19)(H,20,21). The number of benzene rings is 1. The van der Waals surface area contributed by atoms with Crippen LogP contribution in [0, 0.1) is 0 Å². The van der Waals surface area contributed by atoms with Crippen LogP contribution < -0.4 is 5.32 Å². The highest BCUT2D eigenvalue weighted by Crippen LogP contribution is 2.36. The van der Waals surface area contributed by atoms with E-state index in [0.29, 0.717) is 10.7 Å². The molecule has 9 heteroatoms. The Balaban J connectivity index is 2.07. The zero-order valence-corrected chi connectivity index (χ0v) is 13.3. The number of rotatable bonds is 3. The Hall–Kier alpha value is -1.48. The van der Waals surface area contributed by atoms with Crippen LogP contribution in [-0.2, 0) is 11.0 Å². The number of hydrogen-bond acceptors (Lipinski definition) is 4. The molecule has 1 aromatic rings. The fraction of sp³-hybridized carbons (Fsp3) is 0.231. The van der Waals surface area contributed by atoms with Crippen molar-refractivity contribution >= 4 is 44.5 Å². The molecular weight excluding hydrogens is 385 g/mol. The number of aliphatic imine (C=N–C) groups is 1. The van der Waals surface area contributed by atoms with Crippen molar-refractivity contribution in [3.05, 3.63) is 39.2 Å². The highest BCUT2D eigenvalue weighted by molar-refractivity contribution is 9.10. The largest absolute Gasteiger partial charge is 0.481 e. The van der Waals surface area contributed by atoms with Gasteiger partial charge < -0.3 is 10.4 Å². The number of anilines is 1. The van der Waals surface area contributed by atoms with Gasteiger partial charge >= 0.3 is 12.1 Å². The molecule has 2 N–H and O–H groups in total. The summed E-state index contributed by atoms with van der Waals surface area (Å²) in [5, 5.41) is 13.5. The van der Waals surface area contributed by atoms with E-state index in [1.165, 1.54) is 12.1 Å². The predicted octanol–water partition coefficient (Wildman–Crippen LogP) is 4.34. The molecule has 0 aromatic heterocycles. The molecule has 0 aliphatic carbocycles. The highest BCUT2D eigenvalue weighted by atomic mass is 79.9. The second kappa shape index (κ2) is 6.74. The molecule has 0 fully saturated rings. The summed E-state index contributed by atoms with van der Waals surface area (Å²) in [5.41, 5.74) is 0.132. The van der Waals surface area contributed by atoms with Crippen molar-refractivity contribution in [1.29, 1.82) is 0 Å². The summed E-state index contributed by atoms with van der Waals surface area (Å²) in [7, 11) is 0. The molecule has 1 heterocycles. The van der Waals surface area contributed by atoms with E-state index in [4.69, 9.17) is 5.11 Å². The summed E-state index contributed by atoms with van der Waals surface area (Å²) < 4.78 is 38.4. The number of carboxylic acid groups (broad SMARTS) is 1. The lowest BCUT2D eigenvalue weighted by Gasteiger charge is -2.15. The van der Waals surface area contributed by atoms with Gasteiger partial charge in [0.05, 0.1) is 18.5 Å². The number of halogens is 4. The van der Waals surface area contributed by atoms with Crippen LogP contribution in [0.15, 0.2) is 38.6 Å². The van der Waals surface area contributed by atoms with E-state index in [2.05, 4.69) is 26.2 Å². The molecule has 0 atom stereocenters. The van der Waals surface area contributed by atoms with Crippen LogP contribution in [0.2, 0.25) is 0 Å². The Morgan fingerprint density at radius 2 is 2.18 bits per heavy atom. The van der Waals surface area contributed by atoms with Gasteiger partial charge in [-0.15, -0.1) is 0 Å². The van der Waals surface area contributed by atoms with Crippen LogP contribution in [0.25, 0.3) is 0 Å². The molecule has 22 heavy (non-hydrogen) atoms. The second-order valence-electron chi connectivity index (χ2n) is 4.40. The van der Waals surface area contributed by atoms with Crippen LogP contribution in [0.1, 0.15) is 12.0 Å². The lowest BCUT2D eigenvalue weighted by atomic mass is 10.2. The fourth-order valence-electron chi connectivity index (χ4n) is 1.69. The van der Waals surface area contributed by atoms with E-state index >= 15 is 0 Å². The summed E-state index contributed by atoms with van der Waals surface area (Å²) in [6, 6.07) is 3.80. The molecule has 0 bridgehead atoms. The molecular formula is C13H10BrF3N2O2S. The van der Waals surface area contributed by atoms with E-state index in [1.807, 2.05) is 0 Å². The normalized spacial score (nSPS) is 15.1. The van der Waals surface area contributed by atoms with E-state index in [9.17, 15) is 18.0 Å². The fourth-order valence-corrected chi connectivity index (χ4v) is 2.92. The first-order valence-electron chi connectivity index (χ1n) is 6.00. The van der Waals surface area contributed by atoms with Crippen molar-refractivity contribution < 1.29 is 23.1 Å². The van der Waals surface area contributed by atoms with Gasteiger partial charge in [-0.25, -0.2) is 0 Å². The Bertz CT molecular complexity index is 659. The molecule has 0 unspecified atom stereocenters. The predicted molar refractivity (Wildman–Crippen MR) is 83.0 cm³/mol. The molecule has 0 saturated carbocycles. The average Bonchev–Trinajstić information content (AvgIpc) is 2.41. The number of amidine groups is 1. The lowest BCUT2D eigenvalue weighted by Crippen LogP contribution is -2.14. The van der Waals surface area contributed by atoms with E-state index < -0.39 is 17.7 Å². The van der Waals surface area contributed by atoms with E-state index in [0.717, 1.165) is 17.8 Å². The minimum absolute atomic E-state index is 0.0348. The summed E-state index contributed by atoms with van der Waals surface area (Å²) >= 11 is 4.02. The van der Waals surface area contributed by atoms with Gasteiger partial charge in [0.25, 0.3) is 0 Å². The lowest BCUT2D eigenvalue weighted by molar-refractivity contribution is -0.138. The maximum absolute atomic E-state index is 12.8. The monoisotopic (exact) mass is 394 g/mol. The minimum atomic E-state index is -4.45. The molecule has 1 aliphatic heterocycles. The van der Waals surface area contributed by atoms with Crippen LogP contribution in [0.3, 0.4) is 0 Å². The molecule has 2 rings (SSSR count). The molecule has 4 nitrogen and oxygen atoms in total. The second-order valence-corrected chi connectivity index (χ2v) is 6.12. The zero-order valence-electron chi connectivity index (χ0n) is 10.9. The topological polar surface area (TPSA) is 61.7 Å². The van der Waals surface area contributed by atoms with Gasteiger partial charge in [-0.1, -0.05) is 27.7 Å². The van der Waals surface area contributed by atoms with Crippen molar-refractivity contribution in [3.63, 3.8) is 0 Å². The van der Waals surface area contributed by atoms with Crippen molar-refractivity contribution in [1.82, 2.24) is 0 Å². The number of hydrogen-bond donors (Lipinski definition) is 2. The summed E-state index contributed by atoms with van der Waals surface area (Å²) in [6.45, 7) is 0.213. The first-order chi connectivity index (χ1) is 10.3. The molecule has 0 radical (unpaired) electrons. The third-order valence-electron chi connectivity index (χ3n) is 2.66. The van der Waals surface area contributed by atoms with Crippen LogP contribution in [0.4, 0.5) is 18.9 Å². The zero-order chi connectivity index (χ0) is 16.3. The van der Waals surface area contributed by atoms with Gasteiger partial charge in [-0.3, -0.25) is 9.79 Å². The number of nitrogens with zero attached hydrogens (tertiary/aromatic N) is 1. The first kappa shape index (κ1) is 16.9. The van der Waals surface area contributed by atoms with Crippen molar-refractivity contribution in [2.75, 3.05) is 11.9 Å². The number of thioether (sulfide) groups is 1. The SMILES string of the molecule is O=C(O)CC1=CSC(Nc2ccc(Br)c(C(F)(F)F)c2)=NC1. The number of carbonyl (C=O) groups is 1. The third kappa shape index (κ3) is 4.51. The number of nitrogens with one attached hydrogen (secondary N) is 1. The molecule has 1 aliphatic rings. The maximum Gasteiger partial charge on any atom is 0.417 e. The first-order valence-corrected chi connectivity index (χ1v) is 7.67. The summed E-state index contributed by atoms with van der Waals surface area (Å²) in [6.07, 6.45) is -4.55. The van der Waals surface area contributed by atoms with E-state index in [1.54, 1.807) is 5.41 Å². The average molecular weight is 395 g/mol. The third-order valence-corrected chi connectivity index (χ3v) is 4.26. The smallest absolute Gasteiger partial charge is 0.417 e. The van der Waals surface area contributed by atoms with Crippen molar-refractivity contribution in [3.8, 4) is 0 Å². The van der Waals surface area contributed by atoms with Gasteiger partial charge in [0.15, 0.2) is 5.17 Å². The quantitative estimate of drug-likeness (QED) is 0.800.